The minimum Gasteiger partial charge on any atom is -0.337 e. The normalized spacial score (nSPS) is 9.58. The summed E-state index contributed by atoms with van der Waals surface area (Å²) in [5, 5.41) is 0. The van der Waals surface area contributed by atoms with Crippen molar-refractivity contribution >= 4 is 5.82 Å². The van der Waals surface area contributed by atoms with Gasteiger partial charge in [0, 0.05) is 12.7 Å². The van der Waals surface area contributed by atoms with Crippen LogP contribution in [0.4, 0.5) is 5.82 Å². The van der Waals surface area contributed by atoms with E-state index in [-0.39, 0.29) is 0 Å². The van der Waals surface area contributed by atoms with Gasteiger partial charge in [-0.15, -0.1) is 0 Å². The summed E-state index contributed by atoms with van der Waals surface area (Å²) < 4.78 is 0. The molecule has 0 spiro atoms. The topological polar surface area (TPSA) is 16.1 Å². The van der Waals surface area contributed by atoms with Crippen LogP contribution in [0.25, 0.3) is 0 Å². The molecule has 0 amide bonds. The minimum atomic E-state index is 0.938. The molecule has 12 heavy (non-hydrogen) atoms. The van der Waals surface area contributed by atoms with E-state index in [4.69, 9.17) is 0 Å². The van der Waals surface area contributed by atoms with Crippen molar-refractivity contribution in [3.63, 3.8) is 0 Å². The number of aryl methyl sites for hydroxylation is 2. The lowest BCUT2D eigenvalue weighted by atomic mass is 10.2. The smallest absolute Gasteiger partial charge is 0.132 e. The van der Waals surface area contributed by atoms with Gasteiger partial charge >= 0.3 is 0 Å². The molecule has 0 fully saturated rings. The average molecular weight is 162 g/mol. The van der Waals surface area contributed by atoms with Crippen LogP contribution in [0.2, 0.25) is 0 Å². The fraction of sp³-hybridized carbons (Fsp3) is 0.300. The summed E-state index contributed by atoms with van der Waals surface area (Å²) in [6.45, 7) is 7.74. The third kappa shape index (κ3) is 1.64. The van der Waals surface area contributed by atoms with E-state index in [1.807, 2.05) is 24.9 Å². The molecule has 0 N–H and O–H groups in total. The van der Waals surface area contributed by atoms with Gasteiger partial charge in [0.2, 0.25) is 0 Å². The number of pyridine rings is 1. The zero-order chi connectivity index (χ0) is 9.14. The number of rotatable bonds is 2. The molecule has 0 saturated heterocycles. The highest BCUT2D eigenvalue weighted by atomic mass is 15.1. The largest absolute Gasteiger partial charge is 0.337 e. The Balaban J connectivity index is 3.04. The maximum atomic E-state index is 4.40. The summed E-state index contributed by atoms with van der Waals surface area (Å²) in [6.07, 6.45) is 1.75. The highest BCUT2D eigenvalue weighted by Crippen LogP contribution is 2.12. The Kier molecular flexibility index (Phi) is 2.48. The third-order valence-electron chi connectivity index (χ3n) is 1.97. The van der Waals surface area contributed by atoms with Crippen LogP contribution in [0, 0.1) is 13.8 Å². The van der Waals surface area contributed by atoms with Crippen LogP contribution in [0.5, 0.6) is 0 Å². The van der Waals surface area contributed by atoms with E-state index >= 15 is 0 Å². The molecule has 1 aromatic rings. The van der Waals surface area contributed by atoms with Gasteiger partial charge in [-0.25, -0.2) is 4.98 Å². The summed E-state index contributed by atoms with van der Waals surface area (Å²) in [5.74, 6) is 0.938. The van der Waals surface area contributed by atoms with Crippen LogP contribution in [0.15, 0.2) is 24.9 Å². The maximum Gasteiger partial charge on any atom is 0.132 e. The molecule has 2 nitrogen and oxygen atoms in total. The maximum absolute atomic E-state index is 4.40. The van der Waals surface area contributed by atoms with Crippen molar-refractivity contribution in [3.05, 3.63) is 36.2 Å². The molecule has 64 valence electrons. The van der Waals surface area contributed by atoms with E-state index in [1.165, 1.54) is 5.56 Å². The first-order valence-corrected chi connectivity index (χ1v) is 3.95. The molecule has 0 aliphatic carbocycles. The molecule has 1 aromatic heterocycles. The second-order valence-electron chi connectivity index (χ2n) is 2.87. The number of hydrogen-bond acceptors (Lipinski definition) is 2. The van der Waals surface area contributed by atoms with Crippen LogP contribution in [0.1, 0.15) is 11.3 Å². The summed E-state index contributed by atoms with van der Waals surface area (Å²) in [6, 6.07) is 4.06. The summed E-state index contributed by atoms with van der Waals surface area (Å²) in [5.41, 5.74) is 2.29. The average Bonchev–Trinajstić information content (AvgIpc) is 2.08. The number of aromatic nitrogens is 1. The van der Waals surface area contributed by atoms with Crippen molar-refractivity contribution in [1.29, 1.82) is 0 Å². The van der Waals surface area contributed by atoms with Crippen molar-refractivity contribution in [3.8, 4) is 0 Å². The molecule has 0 aliphatic rings. The van der Waals surface area contributed by atoms with E-state index in [9.17, 15) is 0 Å². The van der Waals surface area contributed by atoms with Crippen LogP contribution < -0.4 is 4.90 Å². The lowest BCUT2D eigenvalue weighted by Gasteiger charge is -2.13. The lowest BCUT2D eigenvalue weighted by molar-refractivity contribution is 1.07. The van der Waals surface area contributed by atoms with Crippen LogP contribution in [0.3, 0.4) is 0 Å². The number of nitrogens with zero attached hydrogens (tertiary/aromatic N) is 2. The molecule has 0 atom stereocenters. The summed E-state index contributed by atoms with van der Waals surface area (Å²) in [7, 11) is 1.93. The minimum absolute atomic E-state index is 0.938. The molecule has 2 heteroatoms. The zero-order valence-corrected chi connectivity index (χ0v) is 7.83. The monoisotopic (exact) mass is 162 g/mol. The van der Waals surface area contributed by atoms with Gasteiger partial charge in [0.05, 0.1) is 0 Å². The standard InChI is InChI=1S/C10H14N2/c1-5-12(4)10-7-6-8(2)9(3)11-10/h5-7H,1H2,2-4H3. The summed E-state index contributed by atoms with van der Waals surface area (Å²) >= 11 is 0. The van der Waals surface area contributed by atoms with Gasteiger partial charge in [0.25, 0.3) is 0 Å². The number of anilines is 1. The Morgan fingerprint density at radius 2 is 2.08 bits per heavy atom. The van der Waals surface area contributed by atoms with Crippen molar-refractivity contribution in [1.82, 2.24) is 4.98 Å². The van der Waals surface area contributed by atoms with Crippen LogP contribution in [-0.4, -0.2) is 12.0 Å². The van der Waals surface area contributed by atoms with Crippen molar-refractivity contribution in [2.45, 2.75) is 13.8 Å². The van der Waals surface area contributed by atoms with Gasteiger partial charge in [-0.3, -0.25) is 0 Å². The molecule has 0 bridgehead atoms. The third-order valence-corrected chi connectivity index (χ3v) is 1.97. The SMILES string of the molecule is C=CN(C)c1ccc(C)c(C)n1. The van der Waals surface area contributed by atoms with Crippen molar-refractivity contribution in [2.75, 3.05) is 11.9 Å². The molecule has 0 saturated carbocycles. The van der Waals surface area contributed by atoms with E-state index in [1.54, 1.807) is 6.20 Å². The second-order valence-corrected chi connectivity index (χ2v) is 2.87. The first-order valence-electron chi connectivity index (χ1n) is 3.95. The quantitative estimate of drug-likeness (QED) is 0.663. The predicted molar refractivity (Wildman–Crippen MR) is 52.3 cm³/mol. The Bertz CT molecular complexity index is 292. The summed E-state index contributed by atoms with van der Waals surface area (Å²) in [4.78, 5) is 6.29. The molecule has 1 heterocycles. The van der Waals surface area contributed by atoms with Gasteiger partial charge in [0.1, 0.15) is 5.82 Å². The molecule has 0 aliphatic heterocycles. The first-order chi connectivity index (χ1) is 5.65. The zero-order valence-electron chi connectivity index (χ0n) is 7.83. The van der Waals surface area contributed by atoms with Crippen LogP contribution >= 0.6 is 0 Å². The van der Waals surface area contributed by atoms with E-state index in [2.05, 4.69) is 24.6 Å². The molecular weight excluding hydrogens is 148 g/mol. The fourth-order valence-electron chi connectivity index (χ4n) is 0.907. The van der Waals surface area contributed by atoms with Gasteiger partial charge in [-0.1, -0.05) is 12.6 Å². The Hall–Kier alpha value is -1.31. The Labute approximate surface area is 73.5 Å². The first kappa shape index (κ1) is 8.78. The molecule has 1 rings (SSSR count). The van der Waals surface area contributed by atoms with Gasteiger partial charge in [-0.05, 0) is 31.7 Å². The van der Waals surface area contributed by atoms with Crippen LogP contribution in [-0.2, 0) is 0 Å². The Morgan fingerprint density at radius 3 is 2.58 bits per heavy atom. The van der Waals surface area contributed by atoms with E-state index in [0.717, 1.165) is 11.5 Å². The highest BCUT2D eigenvalue weighted by molar-refractivity contribution is 5.42. The number of hydrogen-bond donors (Lipinski definition) is 0. The molecule has 0 aromatic carbocycles. The molecular formula is C10H14N2. The fourth-order valence-corrected chi connectivity index (χ4v) is 0.907. The van der Waals surface area contributed by atoms with Crippen molar-refractivity contribution in [2.24, 2.45) is 0 Å². The highest BCUT2D eigenvalue weighted by Gasteiger charge is 1.99. The van der Waals surface area contributed by atoms with Gasteiger partial charge in [-0.2, -0.15) is 0 Å². The van der Waals surface area contributed by atoms with Crippen molar-refractivity contribution < 1.29 is 0 Å². The van der Waals surface area contributed by atoms with Gasteiger partial charge in [0.15, 0.2) is 0 Å². The second kappa shape index (κ2) is 3.39. The molecule has 0 radical (unpaired) electrons. The van der Waals surface area contributed by atoms with Gasteiger partial charge < -0.3 is 4.90 Å². The van der Waals surface area contributed by atoms with E-state index < -0.39 is 0 Å². The predicted octanol–water partition coefficient (Wildman–Crippen LogP) is 2.28. The Morgan fingerprint density at radius 1 is 1.42 bits per heavy atom. The van der Waals surface area contributed by atoms with E-state index in [0.29, 0.717) is 0 Å². The molecule has 0 unspecified atom stereocenters. The lowest BCUT2D eigenvalue weighted by Crippen LogP contribution is -2.09.